The summed E-state index contributed by atoms with van der Waals surface area (Å²) in [6, 6.07) is 14.4. The van der Waals surface area contributed by atoms with Crippen molar-refractivity contribution in [3.8, 4) is 5.69 Å². The summed E-state index contributed by atoms with van der Waals surface area (Å²) in [5.41, 5.74) is 8.19. The highest BCUT2D eigenvalue weighted by atomic mass is 15.3. The first-order chi connectivity index (χ1) is 8.36. The third-order valence-corrected chi connectivity index (χ3v) is 2.82. The van der Waals surface area contributed by atoms with E-state index in [1.807, 2.05) is 24.3 Å². The molecule has 2 heterocycles. The Morgan fingerprint density at radius 2 is 1.82 bits per heavy atom. The molecule has 1 aromatic heterocycles. The topological polar surface area (TPSA) is 31.4 Å². The van der Waals surface area contributed by atoms with Crippen LogP contribution in [-0.4, -0.2) is 10.3 Å². The van der Waals surface area contributed by atoms with Crippen molar-refractivity contribution in [1.82, 2.24) is 9.99 Å². The number of hydrogen-bond donors (Lipinski definition) is 0. The van der Waals surface area contributed by atoms with Crippen LogP contribution in [0.4, 0.5) is 0 Å². The van der Waals surface area contributed by atoms with Gasteiger partial charge in [0.15, 0.2) is 0 Å². The van der Waals surface area contributed by atoms with Gasteiger partial charge in [0, 0.05) is 11.4 Å². The maximum atomic E-state index is 4.12. The highest BCUT2D eigenvalue weighted by molar-refractivity contribution is 6.08. The Morgan fingerprint density at radius 1 is 1.00 bits per heavy atom. The Bertz CT molecular complexity index is 591. The average Bonchev–Trinajstić information content (AvgIpc) is 2.98. The second-order valence-electron chi connectivity index (χ2n) is 3.95. The van der Waals surface area contributed by atoms with Crippen molar-refractivity contribution >= 4 is 5.71 Å². The number of hydrogen-bond acceptors (Lipinski definition) is 1. The Morgan fingerprint density at radius 3 is 2.53 bits per heavy atom. The van der Waals surface area contributed by atoms with Gasteiger partial charge in [0.25, 0.3) is 0 Å². The summed E-state index contributed by atoms with van der Waals surface area (Å²) >= 11 is 0. The molecular weight excluding hydrogens is 210 g/mol. The summed E-state index contributed by atoms with van der Waals surface area (Å²) in [5, 5.41) is 4.12. The van der Waals surface area contributed by atoms with E-state index in [1.165, 1.54) is 5.69 Å². The van der Waals surface area contributed by atoms with Gasteiger partial charge < -0.3 is 4.57 Å². The molecule has 0 bridgehead atoms. The zero-order valence-electron chi connectivity index (χ0n) is 9.54. The molecule has 3 rings (SSSR count). The quantitative estimate of drug-likeness (QED) is 0.748. The summed E-state index contributed by atoms with van der Waals surface area (Å²) in [5.74, 6) is 0. The molecule has 0 saturated carbocycles. The molecule has 0 unspecified atom stereocenters. The average molecular weight is 222 g/mol. The lowest BCUT2D eigenvalue weighted by atomic mass is 10.2. The lowest BCUT2D eigenvalue weighted by molar-refractivity contribution is 0.959. The van der Waals surface area contributed by atoms with Crippen molar-refractivity contribution in [1.29, 1.82) is 0 Å². The van der Waals surface area contributed by atoms with Gasteiger partial charge in [0.2, 0.25) is 0 Å². The first-order valence-electron chi connectivity index (χ1n) is 5.55. The minimum Gasteiger partial charge on any atom is -0.312 e. The number of benzene rings is 1. The Balaban J connectivity index is 2.16. The zero-order chi connectivity index (χ0) is 11.7. The molecule has 0 spiro atoms. The van der Waals surface area contributed by atoms with Gasteiger partial charge in [-0.15, -0.1) is 5.10 Å². The first-order valence-corrected chi connectivity index (χ1v) is 5.55. The van der Waals surface area contributed by atoms with Crippen molar-refractivity contribution in [2.24, 2.45) is 5.10 Å². The van der Waals surface area contributed by atoms with Gasteiger partial charge in [-0.2, -0.15) is 5.43 Å². The summed E-state index contributed by atoms with van der Waals surface area (Å²) in [6.07, 6.45) is 3.64. The van der Waals surface area contributed by atoms with Crippen LogP contribution in [0.5, 0.6) is 0 Å². The predicted molar refractivity (Wildman–Crippen MR) is 68.3 cm³/mol. The maximum Gasteiger partial charge on any atom is 0.111 e. The van der Waals surface area contributed by atoms with Crippen molar-refractivity contribution < 1.29 is 0 Å². The smallest absolute Gasteiger partial charge is 0.111 e. The monoisotopic (exact) mass is 222 g/mol. The van der Waals surface area contributed by atoms with E-state index in [2.05, 4.69) is 46.3 Å². The molecule has 2 aromatic rings. The standard InChI is InChI=1S/C14H12N3/c1-11-7-8-14(13-9-10-15-16-13)17(11)12-5-3-2-4-6-12/h2-10H,1H3. The highest BCUT2D eigenvalue weighted by Crippen LogP contribution is 2.18. The van der Waals surface area contributed by atoms with Gasteiger partial charge in [0.1, 0.15) is 5.71 Å². The van der Waals surface area contributed by atoms with Gasteiger partial charge in [-0.3, -0.25) is 0 Å². The van der Waals surface area contributed by atoms with Gasteiger partial charge in [0.05, 0.1) is 11.9 Å². The lowest BCUT2D eigenvalue weighted by Gasteiger charge is -2.10. The molecular formula is C14H12N3. The minimum atomic E-state index is 0.905. The van der Waals surface area contributed by atoms with Crippen molar-refractivity contribution in [2.45, 2.75) is 6.92 Å². The molecule has 17 heavy (non-hydrogen) atoms. The highest BCUT2D eigenvalue weighted by Gasteiger charge is 2.13. The summed E-state index contributed by atoms with van der Waals surface area (Å²) in [7, 11) is 0. The zero-order valence-corrected chi connectivity index (χ0v) is 9.54. The molecule has 0 saturated heterocycles. The van der Waals surface area contributed by atoms with Crippen LogP contribution in [0, 0.1) is 6.92 Å². The molecule has 83 valence electrons. The number of para-hydroxylation sites is 1. The molecule has 0 aliphatic carbocycles. The number of allylic oxidation sites excluding steroid dienone is 1. The number of aryl methyl sites for hydroxylation is 1. The molecule has 3 heteroatoms. The van der Waals surface area contributed by atoms with Gasteiger partial charge in [-0.05, 0) is 37.3 Å². The van der Waals surface area contributed by atoms with E-state index >= 15 is 0 Å². The number of rotatable bonds is 2. The summed E-state index contributed by atoms with van der Waals surface area (Å²) in [4.78, 5) is 0. The fourth-order valence-corrected chi connectivity index (χ4v) is 2.03. The molecule has 1 radical (unpaired) electrons. The molecule has 1 aromatic carbocycles. The van der Waals surface area contributed by atoms with E-state index in [0.29, 0.717) is 0 Å². The van der Waals surface area contributed by atoms with Crippen molar-refractivity contribution in [3.63, 3.8) is 0 Å². The van der Waals surface area contributed by atoms with E-state index in [9.17, 15) is 0 Å². The van der Waals surface area contributed by atoms with Gasteiger partial charge in [-0.1, -0.05) is 18.2 Å². The van der Waals surface area contributed by atoms with E-state index < -0.39 is 0 Å². The Hall–Kier alpha value is -2.29. The molecule has 1 aliphatic rings. The van der Waals surface area contributed by atoms with E-state index in [4.69, 9.17) is 0 Å². The van der Waals surface area contributed by atoms with Crippen LogP contribution >= 0.6 is 0 Å². The maximum absolute atomic E-state index is 4.12. The summed E-state index contributed by atoms with van der Waals surface area (Å²) < 4.78 is 2.18. The second kappa shape index (κ2) is 3.94. The molecule has 0 atom stereocenters. The normalized spacial score (nSPS) is 13.6. The number of nitrogens with zero attached hydrogens (tertiary/aromatic N) is 3. The third kappa shape index (κ3) is 1.65. The third-order valence-electron chi connectivity index (χ3n) is 2.82. The van der Waals surface area contributed by atoms with Crippen molar-refractivity contribution in [2.75, 3.05) is 0 Å². The van der Waals surface area contributed by atoms with E-state index in [-0.39, 0.29) is 0 Å². The van der Waals surface area contributed by atoms with Crippen LogP contribution in [0.25, 0.3) is 5.69 Å². The largest absolute Gasteiger partial charge is 0.312 e. The SMILES string of the molecule is Cc1ccc(C2=N[N]C=C2)n1-c1ccccc1. The molecule has 3 nitrogen and oxygen atoms in total. The summed E-state index contributed by atoms with van der Waals surface area (Å²) in [6.45, 7) is 2.09. The molecule has 0 fully saturated rings. The minimum absolute atomic E-state index is 0.905. The predicted octanol–water partition coefficient (Wildman–Crippen LogP) is 2.62. The molecule has 1 aliphatic heterocycles. The van der Waals surface area contributed by atoms with Gasteiger partial charge >= 0.3 is 0 Å². The Kier molecular flexibility index (Phi) is 2.29. The second-order valence-corrected chi connectivity index (χ2v) is 3.95. The fraction of sp³-hybridized carbons (Fsp3) is 0.0714. The Labute approximate surface area is 100 Å². The van der Waals surface area contributed by atoms with Crippen molar-refractivity contribution in [3.05, 3.63) is 66.1 Å². The van der Waals surface area contributed by atoms with Crippen LogP contribution in [0.1, 0.15) is 11.4 Å². The van der Waals surface area contributed by atoms with Crippen LogP contribution in [0.2, 0.25) is 0 Å². The van der Waals surface area contributed by atoms with Crippen LogP contribution in [0.3, 0.4) is 0 Å². The van der Waals surface area contributed by atoms with Crippen LogP contribution in [-0.2, 0) is 0 Å². The van der Waals surface area contributed by atoms with E-state index in [0.717, 1.165) is 17.1 Å². The molecule has 0 amide bonds. The molecule has 0 N–H and O–H groups in total. The van der Waals surface area contributed by atoms with Crippen LogP contribution < -0.4 is 5.43 Å². The van der Waals surface area contributed by atoms with Gasteiger partial charge in [-0.25, -0.2) is 0 Å². The fourth-order valence-electron chi connectivity index (χ4n) is 2.03. The number of aromatic nitrogens is 1. The van der Waals surface area contributed by atoms with Crippen LogP contribution in [0.15, 0.2) is 59.8 Å². The van der Waals surface area contributed by atoms with E-state index in [1.54, 1.807) is 6.20 Å². The first kappa shape index (κ1) is 9.90. The lowest BCUT2D eigenvalue weighted by Crippen LogP contribution is -2.06.